The third kappa shape index (κ3) is 1.59. The fourth-order valence-corrected chi connectivity index (χ4v) is 1.73. The van der Waals surface area contributed by atoms with Gasteiger partial charge in [0.2, 0.25) is 0 Å². The first kappa shape index (κ1) is 11.1. The number of fused-ring (bicyclic) bond motifs is 1. The standard InChI is InChI=1S/C12H9N2O.Li/c1-14-10-6-3-2-5-9(10)13-12(14)11-7-4-8-15-11;/h2-7H,1H3;/q-1;+1. The van der Waals surface area contributed by atoms with Crippen molar-refractivity contribution in [1.82, 2.24) is 9.55 Å². The zero-order chi connectivity index (χ0) is 10.3. The Kier molecular flexibility index (Phi) is 2.91. The number of nitrogens with zero attached hydrogens (tertiary/aromatic N) is 2. The van der Waals surface area contributed by atoms with E-state index in [4.69, 9.17) is 4.42 Å². The summed E-state index contributed by atoms with van der Waals surface area (Å²) in [5.41, 5.74) is 2.08. The van der Waals surface area contributed by atoms with E-state index in [0.29, 0.717) is 0 Å². The van der Waals surface area contributed by atoms with Gasteiger partial charge in [-0.05, 0) is 18.4 Å². The van der Waals surface area contributed by atoms with Gasteiger partial charge in [0.05, 0.1) is 11.0 Å². The summed E-state index contributed by atoms with van der Waals surface area (Å²) in [6, 6.07) is 11.6. The SMILES string of the molecule is Cn1c(-c2cc[c-]o2)nc2ccccc21.[Li+]. The number of furan rings is 1. The normalized spacial score (nSPS) is 10.3. The van der Waals surface area contributed by atoms with E-state index in [1.165, 1.54) is 0 Å². The van der Waals surface area contributed by atoms with E-state index in [1.54, 1.807) is 6.07 Å². The fraction of sp³-hybridized carbons (Fsp3) is 0.0833. The van der Waals surface area contributed by atoms with Crippen molar-refractivity contribution < 1.29 is 23.3 Å². The Morgan fingerprint density at radius 1 is 1.25 bits per heavy atom. The summed E-state index contributed by atoms with van der Waals surface area (Å²) in [4.78, 5) is 4.50. The van der Waals surface area contributed by atoms with Crippen molar-refractivity contribution in [3.63, 3.8) is 0 Å². The molecule has 4 heteroatoms. The van der Waals surface area contributed by atoms with Gasteiger partial charge in [0.1, 0.15) is 5.82 Å². The molecule has 1 aromatic carbocycles. The number of hydrogen-bond donors (Lipinski definition) is 0. The summed E-state index contributed by atoms with van der Waals surface area (Å²) in [6.45, 7) is 0. The molecule has 3 nitrogen and oxygen atoms in total. The van der Waals surface area contributed by atoms with E-state index in [9.17, 15) is 0 Å². The predicted molar refractivity (Wildman–Crippen MR) is 57.3 cm³/mol. The molecule has 0 bridgehead atoms. The summed E-state index contributed by atoms with van der Waals surface area (Å²) >= 11 is 0. The minimum absolute atomic E-state index is 0. The molecule has 0 amide bonds. The molecule has 0 aliphatic rings. The Balaban J connectivity index is 0.000000963. The van der Waals surface area contributed by atoms with Crippen molar-refractivity contribution in [2.24, 2.45) is 7.05 Å². The fourth-order valence-electron chi connectivity index (χ4n) is 1.73. The van der Waals surface area contributed by atoms with E-state index in [2.05, 4.69) is 11.2 Å². The average molecular weight is 204 g/mol. The molecular formula is C12H9LiN2O. The molecule has 0 fully saturated rings. The summed E-state index contributed by atoms with van der Waals surface area (Å²) in [5.74, 6) is 1.58. The minimum atomic E-state index is 0. The molecular weight excluding hydrogens is 195 g/mol. The van der Waals surface area contributed by atoms with Crippen LogP contribution in [0.5, 0.6) is 0 Å². The molecule has 0 atom stereocenters. The molecule has 0 N–H and O–H groups in total. The number of imidazole rings is 1. The van der Waals surface area contributed by atoms with E-state index in [-0.39, 0.29) is 18.9 Å². The molecule has 0 spiro atoms. The first-order chi connectivity index (χ1) is 7.36. The third-order valence-corrected chi connectivity index (χ3v) is 2.48. The summed E-state index contributed by atoms with van der Waals surface area (Å²) < 4.78 is 7.24. The molecule has 0 saturated carbocycles. The number of para-hydroxylation sites is 2. The topological polar surface area (TPSA) is 31.0 Å². The largest absolute Gasteiger partial charge is 1.00 e. The predicted octanol–water partition coefficient (Wildman–Crippen LogP) is -0.363. The molecule has 2 aromatic heterocycles. The zero-order valence-corrected chi connectivity index (χ0v) is 9.27. The number of hydrogen-bond acceptors (Lipinski definition) is 2. The Labute approximate surface area is 105 Å². The molecule has 0 unspecified atom stereocenters. The van der Waals surface area contributed by atoms with Crippen molar-refractivity contribution >= 4 is 11.0 Å². The maximum Gasteiger partial charge on any atom is 1.00 e. The molecule has 3 rings (SSSR count). The Morgan fingerprint density at radius 3 is 2.75 bits per heavy atom. The Hall–Kier alpha value is -1.43. The molecule has 0 aliphatic heterocycles. The smallest absolute Gasteiger partial charge is 0.588 e. The van der Waals surface area contributed by atoms with E-state index >= 15 is 0 Å². The van der Waals surface area contributed by atoms with Gasteiger partial charge in [-0.3, -0.25) is 0 Å². The van der Waals surface area contributed by atoms with Crippen LogP contribution < -0.4 is 18.9 Å². The Bertz CT molecular complexity index is 599. The molecule has 74 valence electrons. The van der Waals surface area contributed by atoms with Gasteiger partial charge in [-0.1, -0.05) is 12.1 Å². The van der Waals surface area contributed by atoms with Crippen molar-refractivity contribution in [1.29, 1.82) is 0 Å². The summed E-state index contributed by atoms with van der Waals surface area (Å²) in [6.07, 6.45) is 2.67. The van der Waals surface area contributed by atoms with Crippen molar-refractivity contribution in [2.45, 2.75) is 0 Å². The van der Waals surface area contributed by atoms with Crippen LogP contribution in [-0.2, 0) is 7.05 Å². The number of benzene rings is 1. The first-order valence-electron chi connectivity index (χ1n) is 4.74. The molecule has 0 radical (unpaired) electrons. The van der Waals surface area contributed by atoms with E-state index < -0.39 is 0 Å². The number of rotatable bonds is 1. The van der Waals surface area contributed by atoms with Crippen LogP contribution in [0.2, 0.25) is 0 Å². The van der Waals surface area contributed by atoms with Crippen LogP contribution in [0.3, 0.4) is 0 Å². The Morgan fingerprint density at radius 2 is 2.06 bits per heavy atom. The van der Waals surface area contributed by atoms with Gasteiger partial charge in [0, 0.05) is 12.8 Å². The van der Waals surface area contributed by atoms with Gasteiger partial charge in [0.25, 0.3) is 0 Å². The van der Waals surface area contributed by atoms with Crippen molar-refractivity contribution in [3.05, 3.63) is 42.7 Å². The van der Waals surface area contributed by atoms with Gasteiger partial charge in [-0.2, -0.15) is 6.07 Å². The average Bonchev–Trinajstić information content (AvgIpc) is 2.87. The second-order valence-corrected chi connectivity index (χ2v) is 3.40. The number of aryl methyl sites for hydroxylation is 1. The number of aromatic nitrogens is 2. The van der Waals surface area contributed by atoms with Crippen molar-refractivity contribution in [2.75, 3.05) is 0 Å². The van der Waals surface area contributed by atoms with Gasteiger partial charge in [-0.15, -0.1) is 6.07 Å². The zero-order valence-electron chi connectivity index (χ0n) is 9.27. The first-order valence-corrected chi connectivity index (χ1v) is 4.74. The molecule has 0 aliphatic carbocycles. The van der Waals surface area contributed by atoms with Crippen molar-refractivity contribution in [3.8, 4) is 11.6 Å². The van der Waals surface area contributed by atoms with Crippen LogP contribution in [0.25, 0.3) is 22.6 Å². The summed E-state index contributed by atoms with van der Waals surface area (Å²) in [7, 11) is 1.98. The molecule has 0 saturated heterocycles. The second-order valence-electron chi connectivity index (χ2n) is 3.40. The van der Waals surface area contributed by atoms with Crippen LogP contribution in [0.4, 0.5) is 0 Å². The monoisotopic (exact) mass is 204 g/mol. The maximum absolute atomic E-state index is 5.22. The van der Waals surface area contributed by atoms with E-state index in [1.807, 2.05) is 41.9 Å². The van der Waals surface area contributed by atoms with Crippen LogP contribution in [0, 0.1) is 6.26 Å². The van der Waals surface area contributed by atoms with Crippen LogP contribution in [-0.4, -0.2) is 9.55 Å². The molecule has 2 heterocycles. The van der Waals surface area contributed by atoms with E-state index in [0.717, 1.165) is 22.6 Å². The van der Waals surface area contributed by atoms with Crippen LogP contribution in [0.15, 0.2) is 40.8 Å². The second kappa shape index (κ2) is 4.21. The van der Waals surface area contributed by atoms with Gasteiger partial charge < -0.3 is 8.98 Å². The van der Waals surface area contributed by atoms with Gasteiger partial charge in [-0.25, -0.2) is 4.98 Å². The minimum Gasteiger partial charge on any atom is -0.588 e. The maximum atomic E-state index is 5.22. The summed E-state index contributed by atoms with van der Waals surface area (Å²) in [5, 5.41) is 0. The molecule has 3 aromatic rings. The quantitative estimate of drug-likeness (QED) is 0.400. The van der Waals surface area contributed by atoms with Crippen LogP contribution in [0.1, 0.15) is 0 Å². The van der Waals surface area contributed by atoms with Gasteiger partial charge >= 0.3 is 18.9 Å². The third-order valence-electron chi connectivity index (χ3n) is 2.48. The molecule has 16 heavy (non-hydrogen) atoms. The van der Waals surface area contributed by atoms with Crippen LogP contribution >= 0.6 is 0 Å². The van der Waals surface area contributed by atoms with Gasteiger partial charge in [0.15, 0.2) is 0 Å².